The predicted octanol–water partition coefficient (Wildman–Crippen LogP) is 2.67. The van der Waals surface area contributed by atoms with Crippen LogP contribution in [0, 0.1) is 11.8 Å². The summed E-state index contributed by atoms with van der Waals surface area (Å²) in [5, 5.41) is 7.59. The number of anilines is 1. The number of hydrogen-bond acceptors (Lipinski definition) is 3. The Balaban J connectivity index is 1.23. The molecule has 5 nitrogen and oxygen atoms in total. The Morgan fingerprint density at radius 2 is 2.04 bits per heavy atom. The van der Waals surface area contributed by atoms with E-state index < -0.39 is 0 Å². The van der Waals surface area contributed by atoms with Gasteiger partial charge in [-0.25, -0.2) is 0 Å². The minimum Gasteiger partial charge on any atom is -0.323 e. The first-order chi connectivity index (χ1) is 12.2. The lowest BCUT2D eigenvalue weighted by Gasteiger charge is -2.28. The van der Waals surface area contributed by atoms with E-state index in [2.05, 4.69) is 46.6 Å². The molecule has 0 radical (unpaired) electrons. The highest BCUT2D eigenvalue weighted by atomic mass is 16.2. The maximum absolute atomic E-state index is 12.7. The average molecular weight is 336 g/mol. The van der Waals surface area contributed by atoms with E-state index in [1.165, 1.54) is 11.1 Å². The van der Waals surface area contributed by atoms with Gasteiger partial charge in [-0.05, 0) is 62.4 Å². The number of amides is 1. The SMILES string of the molecule is CN1CCC(n2cc(NC(=O)C3C4Cc5ccccc5C43)cn2)CC1. The van der Waals surface area contributed by atoms with Crippen molar-refractivity contribution in [1.29, 1.82) is 0 Å². The van der Waals surface area contributed by atoms with Crippen LogP contribution in [-0.2, 0) is 11.2 Å². The molecular formula is C20H24N4O. The van der Waals surface area contributed by atoms with Crippen LogP contribution in [0.1, 0.15) is 35.9 Å². The maximum atomic E-state index is 12.7. The third kappa shape index (κ3) is 2.58. The van der Waals surface area contributed by atoms with E-state index in [0.29, 0.717) is 17.9 Å². The minimum atomic E-state index is 0.140. The molecule has 1 aromatic heterocycles. The molecule has 1 aliphatic heterocycles. The summed E-state index contributed by atoms with van der Waals surface area (Å²) >= 11 is 0. The standard InChI is InChI=1S/C20H24N4O/c1-23-8-6-15(7-9-23)24-12-14(11-21-24)22-20(25)19-17-10-13-4-2-3-5-16(13)18(17)19/h2-5,11-12,15,17-19H,6-10H2,1H3,(H,22,25). The fourth-order valence-electron chi connectivity index (χ4n) is 4.80. The van der Waals surface area contributed by atoms with Crippen molar-refractivity contribution in [2.75, 3.05) is 25.5 Å². The van der Waals surface area contributed by atoms with Crippen molar-refractivity contribution in [2.24, 2.45) is 11.8 Å². The Morgan fingerprint density at radius 3 is 2.88 bits per heavy atom. The number of nitrogens with one attached hydrogen (secondary N) is 1. The lowest BCUT2D eigenvalue weighted by molar-refractivity contribution is -0.117. The van der Waals surface area contributed by atoms with Gasteiger partial charge in [0.05, 0.1) is 17.9 Å². The maximum Gasteiger partial charge on any atom is 0.228 e. The van der Waals surface area contributed by atoms with Crippen LogP contribution in [0.4, 0.5) is 5.69 Å². The van der Waals surface area contributed by atoms with Crippen molar-refractivity contribution < 1.29 is 4.79 Å². The normalized spacial score (nSPS) is 28.4. The van der Waals surface area contributed by atoms with Gasteiger partial charge in [0.1, 0.15) is 0 Å². The molecule has 1 saturated carbocycles. The Hall–Kier alpha value is -2.14. The van der Waals surface area contributed by atoms with Crippen LogP contribution in [0.15, 0.2) is 36.7 Å². The molecule has 0 bridgehead atoms. The van der Waals surface area contributed by atoms with Crippen LogP contribution in [0.2, 0.25) is 0 Å². The van der Waals surface area contributed by atoms with Crippen molar-refractivity contribution >= 4 is 11.6 Å². The second-order valence-corrected chi connectivity index (χ2v) is 7.85. The first kappa shape index (κ1) is 15.1. The van der Waals surface area contributed by atoms with Crippen LogP contribution in [0.5, 0.6) is 0 Å². The second kappa shape index (κ2) is 5.70. The molecule has 130 valence electrons. The van der Waals surface area contributed by atoms with Gasteiger partial charge >= 0.3 is 0 Å². The zero-order valence-electron chi connectivity index (χ0n) is 14.6. The van der Waals surface area contributed by atoms with Crippen molar-refractivity contribution in [3.63, 3.8) is 0 Å². The molecule has 2 aliphatic carbocycles. The van der Waals surface area contributed by atoms with E-state index in [-0.39, 0.29) is 11.8 Å². The van der Waals surface area contributed by atoms with E-state index >= 15 is 0 Å². The predicted molar refractivity (Wildman–Crippen MR) is 96.5 cm³/mol. The highest BCUT2D eigenvalue weighted by Crippen LogP contribution is 2.61. The number of aromatic nitrogens is 2. The van der Waals surface area contributed by atoms with Gasteiger partial charge in [-0.3, -0.25) is 9.48 Å². The van der Waals surface area contributed by atoms with Gasteiger partial charge in [-0.15, -0.1) is 0 Å². The number of likely N-dealkylation sites (tertiary alicyclic amines) is 1. The second-order valence-electron chi connectivity index (χ2n) is 7.85. The van der Waals surface area contributed by atoms with E-state index in [0.717, 1.165) is 38.0 Å². The number of hydrogen-bond donors (Lipinski definition) is 1. The first-order valence-corrected chi connectivity index (χ1v) is 9.32. The molecule has 5 heteroatoms. The number of piperidine rings is 1. The Kier molecular flexibility index (Phi) is 3.45. The molecular weight excluding hydrogens is 312 g/mol. The summed E-state index contributed by atoms with van der Waals surface area (Å²) in [4.78, 5) is 15.0. The van der Waals surface area contributed by atoms with Gasteiger partial charge in [0.25, 0.3) is 0 Å². The summed E-state index contributed by atoms with van der Waals surface area (Å²) in [6.07, 6.45) is 7.08. The third-order valence-electron chi connectivity index (χ3n) is 6.27. The molecule has 2 aromatic rings. The smallest absolute Gasteiger partial charge is 0.228 e. The largest absolute Gasteiger partial charge is 0.323 e. The van der Waals surface area contributed by atoms with Crippen LogP contribution in [0.25, 0.3) is 0 Å². The number of nitrogens with zero attached hydrogens (tertiary/aromatic N) is 3. The minimum absolute atomic E-state index is 0.140. The summed E-state index contributed by atoms with van der Waals surface area (Å²) in [6.45, 7) is 2.22. The average Bonchev–Trinajstić information content (AvgIpc) is 2.96. The Labute approximate surface area is 148 Å². The lowest BCUT2D eigenvalue weighted by Crippen LogP contribution is -2.31. The van der Waals surface area contributed by atoms with Crippen LogP contribution in [-0.4, -0.2) is 40.7 Å². The zero-order valence-corrected chi connectivity index (χ0v) is 14.6. The lowest BCUT2D eigenvalue weighted by atomic mass is 10.0. The molecule has 25 heavy (non-hydrogen) atoms. The highest BCUT2D eigenvalue weighted by molar-refractivity contribution is 5.96. The molecule has 0 spiro atoms. The summed E-state index contributed by atoms with van der Waals surface area (Å²) in [6, 6.07) is 9.01. The molecule has 1 amide bonds. The molecule has 1 saturated heterocycles. The van der Waals surface area contributed by atoms with Gasteiger partial charge in [0, 0.05) is 12.1 Å². The molecule has 3 unspecified atom stereocenters. The first-order valence-electron chi connectivity index (χ1n) is 9.32. The number of fused-ring (bicyclic) bond motifs is 3. The van der Waals surface area contributed by atoms with Crippen molar-refractivity contribution in [1.82, 2.24) is 14.7 Å². The molecule has 1 aromatic carbocycles. The van der Waals surface area contributed by atoms with Gasteiger partial charge in [-0.1, -0.05) is 24.3 Å². The molecule has 3 aliphatic rings. The van der Waals surface area contributed by atoms with Gasteiger partial charge in [0.15, 0.2) is 0 Å². The van der Waals surface area contributed by atoms with Crippen LogP contribution in [0.3, 0.4) is 0 Å². The Morgan fingerprint density at radius 1 is 1.24 bits per heavy atom. The molecule has 3 atom stereocenters. The summed E-state index contributed by atoms with van der Waals surface area (Å²) in [7, 11) is 2.16. The fraction of sp³-hybridized carbons (Fsp3) is 0.500. The topological polar surface area (TPSA) is 50.2 Å². The van der Waals surface area contributed by atoms with E-state index in [1.54, 1.807) is 6.20 Å². The zero-order chi connectivity index (χ0) is 17.0. The van der Waals surface area contributed by atoms with Crippen molar-refractivity contribution in [2.45, 2.75) is 31.2 Å². The summed E-state index contributed by atoms with van der Waals surface area (Å²) in [5.74, 6) is 1.23. The fourth-order valence-corrected chi connectivity index (χ4v) is 4.80. The molecule has 1 N–H and O–H groups in total. The third-order valence-corrected chi connectivity index (χ3v) is 6.27. The van der Waals surface area contributed by atoms with Crippen molar-refractivity contribution in [3.05, 3.63) is 47.8 Å². The van der Waals surface area contributed by atoms with Crippen LogP contribution >= 0.6 is 0 Å². The Bertz CT molecular complexity index is 806. The van der Waals surface area contributed by atoms with E-state index in [4.69, 9.17) is 0 Å². The number of carbonyl (C=O) groups is 1. The molecule has 5 rings (SSSR count). The van der Waals surface area contributed by atoms with Gasteiger partial charge in [-0.2, -0.15) is 5.10 Å². The monoisotopic (exact) mass is 336 g/mol. The number of carbonyl (C=O) groups excluding carboxylic acids is 1. The molecule has 2 heterocycles. The van der Waals surface area contributed by atoms with E-state index in [1.807, 2.05) is 10.9 Å². The highest BCUT2D eigenvalue weighted by Gasteiger charge is 2.59. The number of rotatable bonds is 3. The van der Waals surface area contributed by atoms with Crippen molar-refractivity contribution in [3.8, 4) is 0 Å². The molecule has 2 fully saturated rings. The number of benzene rings is 1. The van der Waals surface area contributed by atoms with Gasteiger partial charge in [0.2, 0.25) is 5.91 Å². The van der Waals surface area contributed by atoms with Crippen LogP contribution < -0.4 is 5.32 Å². The summed E-state index contributed by atoms with van der Waals surface area (Å²) in [5.41, 5.74) is 3.65. The quantitative estimate of drug-likeness (QED) is 0.937. The summed E-state index contributed by atoms with van der Waals surface area (Å²) < 4.78 is 2.03. The van der Waals surface area contributed by atoms with Gasteiger partial charge < -0.3 is 10.2 Å². The van der Waals surface area contributed by atoms with E-state index in [9.17, 15) is 4.79 Å².